The standard InChI is InChI=1S/C19H22ClN5O3.C2H6/c1-2-28-17(27)19(7-3-4-8-19)25-16(26)11-5-6-12-13(9-11)15(24-18(21)22)23-10-14(12)20;1-2/h5-6,9-10H,2-4,7-8H2,1H3,(H,25,26)(H4,21,22,23,24);1-2H3. The molecule has 1 aromatic carbocycles. The molecule has 1 amide bonds. The molecule has 30 heavy (non-hydrogen) atoms. The van der Waals surface area contributed by atoms with Crippen LogP contribution in [0.4, 0.5) is 5.82 Å². The number of carbonyl (C=O) groups is 2. The van der Waals surface area contributed by atoms with Crippen molar-refractivity contribution in [2.24, 2.45) is 16.5 Å². The first-order valence-corrected chi connectivity index (χ1v) is 10.4. The van der Waals surface area contributed by atoms with Crippen LogP contribution in [0.5, 0.6) is 0 Å². The third-order valence-corrected chi connectivity index (χ3v) is 5.09. The molecule has 0 atom stereocenters. The first-order chi connectivity index (χ1) is 14.4. The van der Waals surface area contributed by atoms with Gasteiger partial charge in [-0.3, -0.25) is 4.79 Å². The second kappa shape index (κ2) is 10.2. The maximum atomic E-state index is 12.9. The lowest BCUT2D eigenvalue weighted by Gasteiger charge is -2.27. The lowest BCUT2D eigenvalue weighted by atomic mass is 9.96. The fraction of sp³-hybridized carbons (Fsp3) is 0.429. The van der Waals surface area contributed by atoms with E-state index in [9.17, 15) is 9.59 Å². The highest BCUT2D eigenvalue weighted by atomic mass is 35.5. The van der Waals surface area contributed by atoms with Gasteiger partial charge in [0.25, 0.3) is 5.91 Å². The van der Waals surface area contributed by atoms with Crippen molar-refractivity contribution in [2.75, 3.05) is 6.61 Å². The number of amides is 1. The normalized spacial score (nSPS) is 14.4. The number of pyridine rings is 1. The van der Waals surface area contributed by atoms with Crippen molar-refractivity contribution >= 4 is 46.0 Å². The molecule has 5 N–H and O–H groups in total. The number of nitrogens with two attached hydrogens (primary N) is 2. The van der Waals surface area contributed by atoms with Crippen molar-refractivity contribution in [3.8, 4) is 0 Å². The molecule has 1 fully saturated rings. The maximum Gasteiger partial charge on any atom is 0.331 e. The van der Waals surface area contributed by atoms with Crippen LogP contribution in [0.1, 0.15) is 56.8 Å². The zero-order chi connectivity index (χ0) is 22.3. The molecule has 0 radical (unpaired) electrons. The third-order valence-electron chi connectivity index (χ3n) is 4.79. The van der Waals surface area contributed by atoms with Gasteiger partial charge >= 0.3 is 5.97 Å². The van der Waals surface area contributed by atoms with Crippen molar-refractivity contribution in [3.05, 3.63) is 35.0 Å². The number of nitrogens with zero attached hydrogens (tertiary/aromatic N) is 2. The van der Waals surface area contributed by atoms with E-state index in [1.165, 1.54) is 6.20 Å². The van der Waals surface area contributed by atoms with Crippen LogP contribution in [-0.4, -0.2) is 35.0 Å². The predicted molar refractivity (Wildman–Crippen MR) is 119 cm³/mol. The van der Waals surface area contributed by atoms with E-state index in [2.05, 4.69) is 15.3 Å². The summed E-state index contributed by atoms with van der Waals surface area (Å²) in [4.78, 5) is 33.5. The summed E-state index contributed by atoms with van der Waals surface area (Å²) in [6.45, 7) is 6.01. The minimum atomic E-state index is -0.989. The van der Waals surface area contributed by atoms with E-state index >= 15 is 0 Å². The molecule has 0 aliphatic heterocycles. The first kappa shape index (κ1) is 23.4. The minimum Gasteiger partial charge on any atom is -0.464 e. The van der Waals surface area contributed by atoms with Crippen molar-refractivity contribution in [2.45, 2.75) is 52.0 Å². The summed E-state index contributed by atoms with van der Waals surface area (Å²) >= 11 is 6.20. The van der Waals surface area contributed by atoms with Gasteiger partial charge in [0.2, 0.25) is 0 Å². The molecule has 1 aromatic heterocycles. The number of hydrogen-bond donors (Lipinski definition) is 3. The number of rotatable bonds is 5. The highest BCUT2D eigenvalue weighted by Gasteiger charge is 2.44. The molecule has 1 aliphatic carbocycles. The van der Waals surface area contributed by atoms with Gasteiger partial charge < -0.3 is 21.5 Å². The molecular formula is C21H28ClN5O3. The fourth-order valence-electron chi connectivity index (χ4n) is 3.46. The average Bonchev–Trinajstić information content (AvgIpc) is 3.21. The van der Waals surface area contributed by atoms with E-state index in [4.69, 9.17) is 27.8 Å². The predicted octanol–water partition coefficient (Wildman–Crippen LogP) is 3.43. The summed E-state index contributed by atoms with van der Waals surface area (Å²) in [7, 11) is 0. The van der Waals surface area contributed by atoms with Gasteiger partial charge in [-0.2, -0.15) is 4.99 Å². The molecule has 1 saturated carbocycles. The number of ether oxygens (including phenoxy) is 1. The largest absolute Gasteiger partial charge is 0.464 e. The summed E-state index contributed by atoms with van der Waals surface area (Å²) in [6, 6.07) is 4.95. The molecule has 162 valence electrons. The zero-order valence-corrected chi connectivity index (χ0v) is 18.3. The van der Waals surface area contributed by atoms with Gasteiger partial charge in [-0.25, -0.2) is 9.78 Å². The Labute approximate surface area is 181 Å². The summed E-state index contributed by atoms with van der Waals surface area (Å²) in [5, 5.41) is 4.49. The van der Waals surface area contributed by atoms with Crippen LogP contribution in [0.3, 0.4) is 0 Å². The Hall–Kier alpha value is -2.87. The number of aliphatic imine (C=N–C) groups is 1. The summed E-state index contributed by atoms with van der Waals surface area (Å²) in [6.07, 6.45) is 4.26. The van der Waals surface area contributed by atoms with E-state index in [0.717, 1.165) is 12.8 Å². The van der Waals surface area contributed by atoms with Crippen LogP contribution in [0, 0.1) is 0 Å². The lowest BCUT2D eigenvalue weighted by molar-refractivity contribution is -0.150. The fourth-order valence-corrected chi connectivity index (χ4v) is 3.68. The number of nitrogens with one attached hydrogen (secondary N) is 1. The zero-order valence-electron chi connectivity index (χ0n) is 17.5. The van der Waals surface area contributed by atoms with Crippen molar-refractivity contribution in [1.29, 1.82) is 0 Å². The number of fused-ring (bicyclic) bond motifs is 1. The molecule has 3 rings (SSSR count). The molecule has 1 aliphatic rings. The molecule has 9 heteroatoms. The maximum absolute atomic E-state index is 12.9. The Morgan fingerprint density at radius 1 is 1.23 bits per heavy atom. The van der Waals surface area contributed by atoms with Crippen molar-refractivity contribution < 1.29 is 14.3 Å². The number of esters is 1. The van der Waals surface area contributed by atoms with Gasteiger partial charge in [0.15, 0.2) is 11.8 Å². The monoisotopic (exact) mass is 433 g/mol. The Morgan fingerprint density at radius 3 is 2.50 bits per heavy atom. The van der Waals surface area contributed by atoms with Gasteiger partial charge in [0.05, 0.1) is 11.6 Å². The second-order valence-corrected chi connectivity index (χ2v) is 7.10. The molecule has 8 nitrogen and oxygen atoms in total. The summed E-state index contributed by atoms with van der Waals surface area (Å²) < 4.78 is 5.19. The second-order valence-electron chi connectivity index (χ2n) is 6.69. The quantitative estimate of drug-likeness (QED) is 0.376. The Bertz CT molecular complexity index is 951. The van der Waals surface area contributed by atoms with Crippen LogP contribution < -0.4 is 16.8 Å². The number of carbonyl (C=O) groups excluding carboxylic acids is 2. The average molecular weight is 434 g/mol. The van der Waals surface area contributed by atoms with E-state index in [1.54, 1.807) is 25.1 Å². The van der Waals surface area contributed by atoms with Gasteiger partial charge in [-0.15, -0.1) is 0 Å². The molecule has 2 aromatic rings. The van der Waals surface area contributed by atoms with E-state index in [1.807, 2.05) is 13.8 Å². The third kappa shape index (κ3) is 4.99. The number of halogens is 1. The van der Waals surface area contributed by atoms with Crippen LogP contribution in [0.25, 0.3) is 10.8 Å². The van der Waals surface area contributed by atoms with E-state index in [0.29, 0.717) is 34.2 Å². The van der Waals surface area contributed by atoms with Crippen LogP contribution in [-0.2, 0) is 9.53 Å². The van der Waals surface area contributed by atoms with E-state index in [-0.39, 0.29) is 24.3 Å². The van der Waals surface area contributed by atoms with Crippen LogP contribution in [0.2, 0.25) is 5.02 Å². The molecule has 0 bridgehead atoms. The highest BCUT2D eigenvalue weighted by molar-refractivity contribution is 6.35. The molecule has 0 spiro atoms. The van der Waals surface area contributed by atoms with Crippen molar-refractivity contribution in [3.63, 3.8) is 0 Å². The van der Waals surface area contributed by atoms with Gasteiger partial charge in [0, 0.05) is 22.5 Å². The van der Waals surface area contributed by atoms with Crippen LogP contribution in [0.15, 0.2) is 29.4 Å². The van der Waals surface area contributed by atoms with Gasteiger partial charge in [-0.1, -0.05) is 44.4 Å². The summed E-state index contributed by atoms with van der Waals surface area (Å²) in [5.74, 6) is -0.673. The molecular weight excluding hydrogens is 406 g/mol. The number of benzene rings is 1. The van der Waals surface area contributed by atoms with E-state index < -0.39 is 11.5 Å². The SMILES string of the molecule is CC.CCOC(=O)C1(NC(=O)c2ccc3c(Cl)cnc(N=C(N)N)c3c2)CCCC1. The Balaban J connectivity index is 0.00000155. The van der Waals surface area contributed by atoms with Crippen LogP contribution >= 0.6 is 11.6 Å². The minimum absolute atomic E-state index is 0.154. The number of guanidine groups is 1. The topological polar surface area (TPSA) is 133 Å². The molecule has 0 unspecified atom stereocenters. The van der Waals surface area contributed by atoms with Gasteiger partial charge in [-0.05, 0) is 31.9 Å². The number of hydrogen-bond acceptors (Lipinski definition) is 5. The Kier molecular flexibility index (Phi) is 8.00. The summed E-state index contributed by atoms with van der Waals surface area (Å²) in [5.41, 5.74) is 10.3. The highest BCUT2D eigenvalue weighted by Crippen LogP contribution is 2.33. The molecule has 0 saturated heterocycles. The molecule has 1 heterocycles. The smallest absolute Gasteiger partial charge is 0.331 e. The number of aromatic nitrogens is 1. The lowest BCUT2D eigenvalue weighted by Crippen LogP contribution is -2.53. The Morgan fingerprint density at radius 2 is 1.90 bits per heavy atom. The van der Waals surface area contributed by atoms with Gasteiger partial charge in [0.1, 0.15) is 5.54 Å². The van der Waals surface area contributed by atoms with Crippen molar-refractivity contribution in [1.82, 2.24) is 10.3 Å². The first-order valence-electron chi connectivity index (χ1n) is 10.0.